The summed E-state index contributed by atoms with van der Waals surface area (Å²) in [6.45, 7) is 3.89. The van der Waals surface area contributed by atoms with Gasteiger partial charge < -0.3 is 10.1 Å². The van der Waals surface area contributed by atoms with Crippen LogP contribution in [0.25, 0.3) is 10.9 Å². The van der Waals surface area contributed by atoms with Crippen LogP contribution in [0.5, 0.6) is 0 Å². The predicted octanol–water partition coefficient (Wildman–Crippen LogP) is 3.13. The molecule has 78 valence electrons. The molecule has 2 aromatic rings. The highest BCUT2D eigenvalue weighted by atomic mass is 16.6. The fraction of sp³-hybridized carbons (Fsp3) is 0.273. The number of para-hydroxylation sites is 1. The fourth-order valence-corrected chi connectivity index (χ4v) is 1.84. The lowest BCUT2D eigenvalue weighted by atomic mass is 10.2. The molecule has 1 aromatic heterocycles. The van der Waals surface area contributed by atoms with Crippen molar-refractivity contribution in [3.05, 3.63) is 40.4 Å². The highest BCUT2D eigenvalue weighted by Gasteiger charge is 2.20. The second-order valence-corrected chi connectivity index (χ2v) is 3.78. The van der Waals surface area contributed by atoms with Crippen molar-refractivity contribution in [2.75, 3.05) is 0 Å². The highest BCUT2D eigenvalue weighted by Crippen LogP contribution is 2.28. The third-order valence-corrected chi connectivity index (χ3v) is 2.43. The number of aromatic nitrogens is 1. The summed E-state index contributed by atoms with van der Waals surface area (Å²) in [5.74, 6) is 0.159. The van der Waals surface area contributed by atoms with Crippen molar-refractivity contribution in [2.45, 2.75) is 19.9 Å². The van der Waals surface area contributed by atoms with Gasteiger partial charge in [0.15, 0.2) is 0 Å². The molecule has 0 spiro atoms. The monoisotopic (exact) mass is 204 g/mol. The second kappa shape index (κ2) is 3.38. The van der Waals surface area contributed by atoms with Crippen molar-refractivity contribution >= 4 is 16.7 Å². The fourth-order valence-electron chi connectivity index (χ4n) is 1.84. The summed E-state index contributed by atoms with van der Waals surface area (Å²) in [6, 6.07) is 9.28. The lowest BCUT2D eigenvalue weighted by molar-refractivity contribution is -0.392. The zero-order valence-corrected chi connectivity index (χ0v) is 8.68. The van der Waals surface area contributed by atoms with Crippen LogP contribution in [0.15, 0.2) is 30.3 Å². The molecule has 0 aliphatic carbocycles. The Kier molecular flexibility index (Phi) is 2.19. The molecule has 4 nitrogen and oxygen atoms in total. The van der Waals surface area contributed by atoms with Crippen molar-refractivity contribution in [1.82, 2.24) is 4.57 Å². The van der Waals surface area contributed by atoms with E-state index in [-0.39, 0.29) is 16.8 Å². The molecule has 2 rings (SSSR count). The van der Waals surface area contributed by atoms with E-state index >= 15 is 0 Å². The first-order valence-electron chi connectivity index (χ1n) is 4.85. The van der Waals surface area contributed by atoms with Crippen molar-refractivity contribution in [3.8, 4) is 0 Å². The van der Waals surface area contributed by atoms with Crippen LogP contribution < -0.4 is 0 Å². The lowest BCUT2D eigenvalue weighted by Crippen LogP contribution is -2.04. The Morgan fingerprint density at radius 3 is 2.60 bits per heavy atom. The van der Waals surface area contributed by atoms with E-state index in [1.807, 2.05) is 38.1 Å². The Balaban J connectivity index is 2.80. The van der Waals surface area contributed by atoms with Gasteiger partial charge in [0.05, 0.1) is 6.04 Å². The largest absolute Gasteiger partial charge is 0.358 e. The molecule has 0 saturated carbocycles. The van der Waals surface area contributed by atoms with E-state index in [4.69, 9.17) is 0 Å². The van der Waals surface area contributed by atoms with Crippen LogP contribution in [0, 0.1) is 10.1 Å². The van der Waals surface area contributed by atoms with E-state index in [2.05, 4.69) is 0 Å². The first-order chi connectivity index (χ1) is 7.11. The van der Waals surface area contributed by atoms with E-state index in [0.29, 0.717) is 0 Å². The third-order valence-electron chi connectivity index (χ3n) is 2.43. The van der Waals surface area contributed by atoms with Gasteiger partial charge in [-0.1, -0.05) is 18.2 Å². The molecule has 0 amide bonds. The molecule has 0 N–H and O–H groups in total. The van der Waals surface area contributed by atoms with Crippen molar-refractivity contribution in [2.24, 2.45) is 0 Å². The van der Waals surface area contributed by atoms with Gasteiger partial charge in [0.1, 0.15) is 5.52 Å². The molecule has 0 atom stereocenters. The van der Waals surface area contributed by atoms with Crippen LogP contribution in [-0.2, 0) is 0 Å². The van der Waals surface area contributed by atoms with Crippen molar-refractivity contribution in [3.63, 3.8) is 0 Å². The number of nitrogens with zero attached hydrogens (tertiary/aromatic N) is 2. The molecule has 0 saturated heterocycles. The summed E-state index contributed by atoms with van der Waals surface area (Å²) in [7, 11) is 0. The first-order valence-corrected chi connectivity index (χ1v) is 4.85. The van der Waals surface area contributed by atoms with Gasteiger partial charge >= 0.3 is 5.82 Å². The van der Waals surface area contributed by atoms with Gasteiger partial charge in [-0.15, -0.1) is 0 Å². The Bertz CT molecular complexity index is 514. The summed E-state index contributed by atoms with van der Waals surface area (Å²) in [5, 5.41) is 11.8. The molecule has 0 aliphatic rings. The predicted molar refractivity (Wildman–Crippen MR) is 59.0 cm³/mol. The summed E-state index contributed by atoms with van der Waals surface area (Å²) >= 11 is 0. The molecule has 0 bridgehead atoms. The smallest absolute Gasteiger partial charge is 0.324 e. The van der Waals surface area contributed by atoms with Crippen LogP contribution in [0.4, 0.5) is 5.82 Å². The molecular weight excluding hydrogens is 192 g/mol. The molecule has 1 heterocycles. The third kappa shape index (κ3) is 1.48. The number of fused-ring (bicyclic) bond motifs is 1. The summed E-state index contributed by atoms with van der Waals surface area (Å²) in [5.41, 5.74) is 0.916. The average Bonchev–Trinajstić information content (AvgIpc) is 2.56. The van der Waals surface area contributed by atoms with Crippen LogP contribution in [-0.4, -0.2) is 9.49 Å². The molecule has 0 aliphatic heterocycles. The average molecular weight is 204 g/mol. The van der Waals surface area contributed by atoms with Gasteiger partial charge in [-0.25, -0.2) is 4.57 Å². The van der Waals surface area contributed by atoms with Crippen molar-refractivity contribution in [1.29, 1.82) is 0 Å². The van der Waals surface area contributed by atoms with Crippen LogP contribution in [0.2, 0.25) is 0 Å². The standard InChI is InChI=1S/C11H12N2O2/c1-8(2)12-10-6-4-3-5-9(10)7-11(12)13(14)15/h3-8H,1-2H3. The number of rotatable bonds is 2. The van der Waals surface area contributed by atoms with Gasteiger partial charge in [0, 0.05) is 11.5 Å². The van der Waals surface area contributed by atoms with E-state index in [9.17, 15) is 10.1 Å². The van der Waals surface area contributed by atoms with Crippen LogP contribution in [0.1, 0.15) is 19.9 Å². The van der Waals surface area contributed by atoms with E-state index < -0.39 is 0 Å². The molecular formula is C11H12N2O2. The van der Waals surface area contributed by atoms with E-state index in [1.165, 1.54) is 0 Å². The highest BCUT2D eigenvalue weighted by molar-refractivity contribution is 5.83. The maximum absolute atomic E-state index is 10.9. The molecule has 4 heteroatoms. The minimum absolute atomic E-state index is 0.0882. The Morgan fingerprint density at radius 2 is 2.00 bits per heavy atom. The van der Waals surface area contributed by atoms with Gasteiger partial charge in [0.2, 0.25) is 0 Å². The zero-order valence-electron chi connectivity index (χ0n) is 8.68. The normalized spacial score (nSPS) is 11.1. The SMILES string of the molecule is CC(C)n1c([N+](=O)[O-])cc2ccccc21. The van der Waals surface area contributed by atoms with Crippen molar-refractivity contribution < 1.29 is 4.92 Å². The van der Waals surface area contributed by atoms with Gasteiger partial charge in [0.25, 0.3) is 0 Å². The summed E-state index contributed by atoms with van der Waals surface area (Å²) in [6.07, 6.45) is 0. The second-order valence-electron chi connectivity index (χ2n) is 3.78. The molecule has 0 radical (unpaired) electrons. The Hall–Kier alpha value is -1.84. The molecule has 0 fully saturated rings. The van der Waals surface area contributed by atoms with E-state index in [0.717, 1.165) is 10.9 Å². The maximum atomic E-state index is 10.9. The van der Waals surface area contributed by atoms with Gasteiger partial charge in [-0.2, -0.15) is 0 Å². The Morgan fingerprint density at radius 1 is 1.33 bits per heavy atom. The zero-order chi connectivity index (χ0) is 11.0. The number of hydrogen-bond acceptors (Lipinski definition) is 2. The first kappa shape index (κ1) is 9.71. The molecule has 15 heavy (non-hydrogen) atoms. The van der Waals surface area contributed by atoms with Gasteiger partial charge in [-0.05, 0) is 24.8 Å². The Labute approximate surface area is 87.3 Å². The minimum Gasteiger partial charge on any atom is -0.358 e. The number of hydrogen-bond donors (Lipinski definition) is 0. The topological polar surface area (TPSA) is 48.1 Å². The summed E-state index contributed by atoms with van der Waals surface area (Å²) in [4.78, 5) is 10.5. The summed E-state index contributed by atoms with van der Waals surface area (Å²) < 4.78 is 1.75. The maximum Gasteiger partial charge on any atom is 0.324 e. The van der Waals surface area contributed by atoms with Gasteiger partial charge in [-0.3, -0.25) is 0 Å². The van der Waals surface area contributed by atoms with Crippen LogP contribution >= 0.6 is 0 Å². The van der Waals surface area contributed by atoms with Crippen LogP contribution in [0.3, 0.4) is 0 Å². The quantitative estimate of drug-likeness (QED) is 0.557. The lowest BCUT2D eigenvalue weighted by Gasteiger charge is -2.05. The minimum atomic E-state index is -0.333. The number of benzene rings is 1. The molecule has 1 aromatic carbocycles. The number of nitro groups is 1. The van der Waals surface area contributed by atoms with E-state index in [1.54, 1.807) is 10.6 Å². The molecule has 0 unspecified atom stereocenters.